The van der Waals surface area contributed by atoms with Gasteiger partial charge in [-0.25, -0.2) is 9.18 Å². The highest BCUT2D eigenvalue weighted by atomic mass is 19.1. The predicted octanol–water partition coefficient (Wildman–Crippen LogP) is 3.33. The van der Waals surface area contributed by atoms with E-state index in [1.54, 1.807) is 48.5 Å². The molecular weight excluding hydrogens is 467 g/mol. The molecule has 2 aliphatic heterocycles. The standard InChI is InChI=1S/C26H19FN4O5/c1-35-15-7-6-14-12-31(23(32)17(14)10-15)13-26(24(33)29-25(34)30-26)21-11-18-20(36-21)8-9-28-22(18)16-4-2-3-5-19(16)27/h2-11H,12-13H2,1H3,(H2,29,30,33,34). The van der Waals surface area contributed by atoms with Crippen molar-refractivity contribution in [1.82, 2.24) is 20.5 Å². The third-order valence-corrected chi connectivity index (χ3v) is 6.56. The Labute approximate surface area is 203 Å². The Morgan fingerprint density at radius 1 is 1.11 bits per heavy atom. The topological polar surface area (TPSA) is 114 Å². The van der Waals surface area contributed by atoms with Crippen LogP contribution in [0.25, 0.3) is 22.2 Å². The van der Waals surface area contributed by atoms with Gasteiger partial charge in [-0.15, -0.1) is 0 Å². The fraction of sp³-hybridized carbons (Fsp3) is 0.154. The van der Waals surface area contributed by atoms with Gasteiger partial charge in [-0.3, -0.25) is 19.9 Å². The molecule has 0 aliphatic carbocycles. The maximum Gasteiger partial charge on any atom is 0.322 e. The first-order chi connectivity index (χ1) is 17.4. The number of methoxy groups -OCH3 is 1. The molecule has 2 N–H and O–H groups in total. The van der Waals surface area contributed by atoms with Gasteiger partial charge in [0, 0.05) is 29.3 Å². The number of nitrogens with one attached hydrogen (secondary N) is 2. The van der Waals surface area contributed by atoms with Gasteiger partial charge in [-0.2, -0.15) is 0 Å². The van der Waals surface area contributed by atoms with Crippen LogP contribution in [0.2, 0.25) is 0 Å². The van der Waals surface area contributed by atoms with Crippen molar-refractivity contribution in [3.63, 3.8) is 0 Å². The maximum absolute atomic E-state index is 14.6. The lowest BCUT2D eigenvalue weighted by Crippen LogP contribution is -2.52. The summed E-state index contributed by atoms with van der Waals surface area (Å²) in [5, 5.41) is 5.37. The SMILES string of the molecule is COc1ccc2c(c1)C(=O)N(CC1(c3cc4c(-c5ccccc5F)nccc4o3)NC(=O)NC1=O)C2. The van der Waals surface area contributed by atoms with Crippen molar-refractivity contribution >= 4 is 28.8 Å². The number of carbonyl (C=O) groups excluding carboxylic acids is 3. The normalized spacial score (nSPS) is 18.9. The number of amides is 4. The van der Waals surface area contributed by atoms with E-state index in [0.717, 1.165) is 5.56 Å². The van der Waals surface area contributed by atoms with E-state index in [-0.39, 0.29) is 30.3 Å². The van der Waals surface area contributed by atoms with E-state index in [0.29, 0.717) is 28.0 Å². The summed E-state index contributed by atoms with van der Waals surface area (Å²) in [6.07, 6.45) is 1.48. The Hall–Kier alpha value is -4.73. The number of hydrogen-bond acceptors (Lipinski definition) is 6. The third kappa shape index (κ3) is 3.22. The van der Waals surface area contributed by atoms with Crippen LogP contribution in [0, 0.1) is 5.82 Å². The molecule has 4 aromatic rings. The van der Waals surface area contributed by atoms with Crippen LogP contribution in [-0.4, -0.2) is 41.4 Å². The molecule has 1 fully saturated rings. The first kappa shape index (κ1) is 21.8. The molecule has 4 amide bonds. The Bertz CT molecular complexity index is 1580. The lowest BCUT2D eigenvalue weighted by atomic mass is 9.94. The third-order valence-electron chi connectivity index (χ3n) is 6.56. The second-order valence-electron chi connectivity index (χ2n) is 8.66. The number of urea groups is 1. The summed E-state index contributed by atoms with van der Waals surface area (Å²) in [6, 6.07) is 13.8. The van der Waals surface area contributed by atoms with Gasteiger partial charge in [0.2, 0.25) is 0 Å². The van der Waals surface area contributed by atoms with Crippen molar-refractivity contribution in [2.45, 2.75) is 12.1 Å². The van der Waals surface area contributed by atoms with Crippen LogP contribution in [0.15, 0.2) is 65.2 Å². The van der Waals surface area contributed by atoms with Crippen molar-refractivity contribution in [2.75, 3.05) is 13.7 Å². The molecule has 2 aliphatic rings. The number of furan rings is 1. The number of nitrogens with zero attached hydrogens (tertiary/aromatic N) is 2. The summed E-state index contributed by atoms with van der Waals surface area (Å²) < 4.78 is 25.8. The zero-order valence-corrected chi connectivity index (χ0v) is 19.0. The number of rotatable bonds is 5. The van der Waals surface area contributed by atoms with Gasteiger partial charge in [0.25, 0.3) is 11.8 Å². The molecular formula is C26H19FN4O5. The number of halogens is 1. The zero-order valence-electron chi connectivity index (χ0n) is 19.0. The molecule has 0 bridgehead atoms. The summed E-state index contributed by atoms with van der Waals surface area (Å²) in [7, 11) is 1.51. The summed E-state index contributed by atoms with van der Waals surface area (Å²) in [4.78, 5) is 44.5. The number of benzene rings is 2. The minimum absolute atomic E-state index is 0.104. The van der Waals surface area contributed by atoms with Crippen LogP contribution in [-0.2, 0) is 16.9 Å². The molecule has 180 valence electrons. The first-order valence-electron chi connectivity index (χ1n) is 11.1. The maximum atomic E-state index is 14.6. The molecule has 9 nitrogen and oxygen atoms in total. The first-order valence-corrected chi connectivity index (χ1v) is 11.1. The number of ether oxygens (including phenoxy) is 1. The number of hydrogen-bond donors (Lipinski definition) is 2. The molecule has 10 heteroatoms. The van der Waals surface area contributed by atoms with E-state index in [9.17, 15) is 18.8 Å². The van der Waals surface area contributed by atoms with E-state index in [2.05, 4.69) is 15.6 Å². The fourth-order valence-electron chi connectivity index (χ4n) is 4.78. The van der Waals surface area contributed by atoms with Crippen LogP contribution in [0.5, 0.6) is 5.75 Å². The van der Waals surface area contributed by atoms with Gasteiger partial charge in [-0.05, 0) is 42.0 Å². The molecule has 1 saturated heterocycles. The van der Waals surface area contributed by atoms with Crippen LogP contribution in [0.1, 0.15) is 21.7 Å². The Balaban J connectivity index is 1.44. The molecule has 2 aromatic carbocycles. The van der Waals surface area contributed by atoms with Gasteiger partial charge in [0.15, 0.2) is 5.54 Å². The Kier molecular flexibility index (Phi) is 4.78. The van der Waals surface area contributed by atoms with Crippen molar-refractivity contribution < 1.29 is 27.9 Å². The van der Waals surface area contributed by atoms with Crippen molar-refractivity contribution in [3.05, 3.63) is 83.5 Å². The summed E-state index contributed by atoms with van der Waals surface area (Å²) in [5.41, 5.74) is 0.499. The van der Waals surface area contributed by atoms with Gasteiger partial charge < -0.3 is 19.4 Å². The second kappa shape index (κ2) is 7.91. The fourth-order valence-corrected chi connectivity index (χ4v) is 4.78. The van der Waals surface area contributed by atoms with Gasteiger partial charge >= 0.3 is 6.03 Å². The van der Waals surface area contributed by atoms with Gasteiger partial charge in [-0.1, -0.05) is 18.2 Å². The molecule has 2 aromatic heterocycles. The number of aromatic nitrogens is 1. The number of fused-ring (bicyclic) bond motifs is 2. The molecule has 6 rings (SSSR count). The van der Waals surface area contributed by atoms with Crippen molar-refractivity contribution in [1.29, 1.82) is 0 Å². The van der Waals surface area contributed by atoms with Crippen LogP contribution >= 0.6 is 0 Å². The minimum atomic E-state index is -1.69. The molecule has 1 unspecified atom stereocenters. The summed E-state index contributed by atoms with van der Waals surface area (Å²) in [6.45, 7) is 0.0635. The van der Waals surface area contributed by atoms with E-state index in [1.165, 1.54) is 24.3 Å². The van der Waals surface area contributed by atoms with Crippen molar-refractivity contribution in [3.8, 4) is 17.0 Å². The highest BCUT2D eigenvalue weighted by Crippen LogP contribution is 2.37. The average Bonchev–Trinajstić information content (AvgIpc) is 3.53. The smallest absolute Gasteiger partial charge is 0.322 e. The summed E-state index contributed by atoms with van der Waals surface area (Å²) >= 11 is 0. The van der Waals surface area contributed by atoms with E-state index < -0.39 is 23.3 Å². The number of carbonyl (C=O) groups is 3. The Morgan fingerprint density at radius 2 is 1.94 bits per heavy atom. The predicted molar refractivity (Wildman–Crippen MR) is 125 cm³/mol. The second-order valence-corrected chi connectivity index (χ2v) is 8.66. The Morgan fingerprint density at radius 3 is 2.69 bits per heavy atom. The van der Waals surface area contributed by atoms with Gasteiger partial charge in [0.1, 0.15) is 22.9 Å². The highest BCUT2D eigenvalue weighted by Gasteiger charge is 2.53. The quantitative estimate of drug-likeness (QED) is 0.419. The molecule has 1 atom stereocenters. The minimum Gasteiger partial charge on any atom is -0.497 e. The zero-order chi connectivity index (χ0) is 25.0. The molecule has 0 radical (unpaired) electrons. The monoisotopic (exact) mass is 486 g/mol. The number of pyridine rings is 1. The summed E-state index contributed by atoms with van der Waals surface area (Å²) in [5.74, 6) is -0.781. The van der Waals surface area contributed by atoms with Crippen LogP contribution < -0.4 is 15.4 Å². The van der Waals surface area contributed by atoms with Crippen LogP contribution in [0.3, 0.4) is 0 Å². The molecule has 0 saturated carbocycles. The average molecular weight is 486 g/mol. The lowest BCUT2D eigenvalue weighted by Gasteiger charge is -2.29. The van der Waals surface area contributed by atoms with Crippen LogP contribution in [0.4, 0.5) is 9.18 Å². The van der Waals surface area contributed by atoms with Crippen molar-refractivity contribution in [2.24, 2.45) is 0 Å². The van der Waals surface area contributed by atoms with E-state index >= 15 is 0 Å². The molecule has 36 heavy (non-hydrogen) atoms. The lowest BCUT2D eigenvalue weighted by molar-refractivity contribution is -0.125. The number of imide groups is 1. The largest absolute Gasteiger partial charge is 0.497 e. The molecule has 4 heterocycles. The van der Waals surface area contributed by atoms with E-state index in [4.69, 9.17) is 9.15 Å². The van der Waals surface area contributed by atoms with E-state index in [1.807, 2.05) is 0 Å². The molecule has 0 spiro atoms. The highest BCUT2D eigenvalue weighted by molar-refractivity contribution is 6.08. The van der Waals surface area contributed by atoms with Gasteiger partial charge in [0.05, 0.1) is 19.3 Å².